The van der Waals surface area contributed by atoms with Crippen molar-refractivity contribution in [2.24, 2.45) is 0 Å². The number of benzene rings is 2. The van der Waals surface area contributed by atoms with Crippen LogP contribution in [0.25, 0.3) is 17.1 Å². The number of carbonyl (C=O) groups is 1. The van der Waals surface area contributed by atoms with Crippen molar-refractivity contribution < 1.29 is 14.6 Å². The summed E-state index contributed by atoms with van der Waals surface area (Å²) in [6, 6.07) is 11.9. The molecule has 0 atom stereocenters. The Morgan fingerprint density at radius 1 is 1.08 bits per heavy atom. The fourth-order valence-electron chi connectivity index (χ4n) is 4.99. The highest BCUT2D eigenvalue weighted by molar-refractivity contribution is 5.92. The number of nitrogens with one attached hydrogen (secondary N) is 1. The first-order valence-corrected chi connectivity index (χ1v) is 13.6. The molecule has 2 N–H and O–H groups in total. The molecule has 5 rings (SSSR count). The van der Waals surface area contributed by atoms with Crippen LogP contribution < -0.4 is 10.1 Å². The van der Waals surface area contributed by atoms with E-state index in [1.807, 2.05) is 18.2 Å². The molecular weight excluding hydrogens is 480 g/mol. The van der Waals surface area contributed by atoms with E-state index in [9.17, 15) is 9.90 Å². The molecule has 2 fully saturated rings. The number of rotatable bonds is 9. The quantitative estimate of drug-likeness (QED) is 0.445. The van der Waals surface area contributed by atoms with E-state index in [1.54, 1.807) is 17.7 Å². The molecule has 202 valence electrons. The zero-order valence-corrected chi connectivity index (χ0v) is 22.8. The van der Waals surface area contributed by atoms with Crippen molar-refractivity contribution in [2.75, 3.05) is 39.8 Å². The van der Waals surface area contributed by atoms with Crippen LogP contribution >= 0.6 is 0 Å². The summed E-state index contributed by atoms with van der Waals surface area (Å²) in [6.07, 6.45) is 1.95. The highest BCUT2D eigenvalue weighted by Gasteiger charge is 2.29. The lowest BCUT2D eigenvalue weighted by Crippen LogP contribution is -2.45. The van der Waals surface area contributed by atoms with Crippen LogP contribution in [0.3, 0.4) is 0 Å². The predicted molar refractivity (Wildman–Crippen MR) is 147 cm³/mol. The smallest absolute Gasteiger partial charge is 0.289 e. The zero-order valence-electron chi connectivity index (χ0n) is 22.8. The van der Waals surface area contributed by atoms with Crippen molar-refractivity contribution >= 4 is 5.91 Å². The second-order valence-electron chi connectivity index (χ2n) is 10.6. The molecule has 2 heterocycles. The number of hydrogen-bond acceptors (Lipinski definition) is 7. The fourth-order valence-corrected chi connectivity index (χ4v) is 4.99. The van der Waals surface area contributed by atoms with Crippen LogP contribution in [0, 0.1) is 0 Å². The molecule has 0 radical (unpaired) electrons. The lowest BCUT2D eigenvalue weighted by atomic mass is 9.98. The van der Waals surface area contributed by atoms with E-state index in [2.05, 4.69) is 58.2 Å². The van der Waals surface area contributed by atoms with Crippen molar-refractivity contribution in [3.05, 3.63) is 53.3 Å². The molecule has 3 aromatic rings. The average Bonchev–Trinajstić information content (AvgIpc) is 3.63. The van der Waals surface area contributed by atoms with Gasteiger partial charge in [-0.3, -0.25) is 14.3 Å². The van der Waals surface area contributed by atoms with Gasteiger partial charge in [0.1, 0.15) is 11.5 Å². The minimum Gasteiger partial charge on any atom is -0.507 e. The lowest BCUT2D eigenvalue weighted by Gasteiger charge is -2.34. The van der Waals surface area contributed by atoms with E-state index in [-0.39, 0.29) is 29.4 Å². The van der Waals surface area contributed by atoms with Crippen LogP contribution in [0.4, 0.5) is 0 Å². The number of ether oxygens (including phenoxy) is 1. The van der Waals surface area contributed by atoms with Gasteiger partial charge in [0.05, 0.1) is 12.7 Å². The van der Waals surface area contributed by atoms with Crippen molar-refractivity contribution in [3.8, 4) is 28.6 Å². The number of amides is 1. The summed E-state index contributed by atoms with van der Waals surface area (Å²) in [4.78, 5) is 18.1. The van der Waals surface area contributed by atoms with Crippen LogP contribution in [0.15, 0.2) is 36.4 Å². The number of hydrogen-bond donors (Lipinski definition) is 2. The van der Waals surface area contributed by atoms with Gasteiger partial charge in [-0.2, -0.15) is 0 Å². The summed E-state index contributed by atoms with van der Waals surface area (Å²) < 4.78 is 7.24. The van der Waals surface area contributed by atoms with Gasteiger partial charge < -0.3 is 20.1 Å². The zero-order chi connectivity index (χ0) is 26.8. The Balaban J connectivity index is 1.49. The third-order valence-corrected chi connectivity index (χ3v) is 7.50. The van der Waals surface area contributed by atoms with E-state index in [0.29, 0.717) is 17.1 Å². The minimum atomic E-state index is -0.263. The number of nitrogens with zero attached hydrogens (tertiary/aromatic N) is 5. The Morgan fingerprint density at radius 2 is 1.76 bits per heavy atom. The minimum absolute atomic E-state index is 0.0249. The normalized spacial score (nSPS) is 16.7. The number of piperazine rings is 1. The molecule has 1 saturated carbocycles. The molecule has 0 unspecified atom stereocenters. The Bertz CT molecular complexity index is 1270. The molecule has 1 aliphatic heterocycles. The molecule has 0 bridgehead atoms. The number of phenolic OH excluding ortho intramolecular Hbond substituents is 1. The van der Waals surface area contributed by atoms with Crippen LogP contribution in [0.1, 0.15) is 61.3 Å². The summed E-state index contributed by atoms with van der Waals surface area (Å²) in [7, 11) is 1.59. The third-order valence-electron chi connectivity index (χ3n) is 7.50. The summed E-state index contributed by atoms with van der Waals surface area (Å²) in [5, 5.41) is 22.7. The van der Waals surface area contributed by atoms with Crippen LogP contribution in [0.5, 0.6) is 11.5 Å². The fraction of sp³-hybridized carbons (Fsp3) is 0.483. The summed E-state index contributed by atoms with van der Waals surface area (Å²) in [5.74, 6) is 1.16. The van der Waals surface area contributed by atoms with Gasteiger partial charge in [0.15, 0.2) is 5.82 Å². The topological polar surface area (TPSA) is 95.8 Å². The Kier molecular flexibility index (Phi) is 7.67. The molecule has 0 spiro atoms. The Hall–Kier alpha value is -3.43. The van der Waals surface area contributed by atoms with Gasteiger partial charge in [-0.25, -0.2) is 0 Å². The second kappa shape index (κ2) is 11.1. The van der Waals surface area contributed by atoms with Gasteiger partial charge in [-0.1, -0.05) is 32.9 Å². The predicted octanol–water partition coefficient (Wildman–Crippen LogP) is 3.80. The maximum absolute atomic E-state index is 13.1. The summed E-state index contributed by atoms with van der Waals surface area (Å²) in [5.41, 5.74) is 3.43. The molecule has 1 saturated heterocycles. The standard InChI is InChI=1S/C29H38N6O3/c1-5-33-12-14-34(15-13-33)18-20-6-10-22(11-7-20)35-27(31-32-28(35)29(37)30-21-8-9-21)24-16-23(19(2)3)26(38-4)17-25(24)36/h6-7,10-11,16-17,19,21,36H,5,8-9,12-15,18H2,1-4H3,(H,30,37). The van der Waals surface area contributed by atoms with Crippen molar-refractivity contribution in [1.82, 2.24) is 29.9 Å². The number of likely N-dealkylation sites (N-methyl/N-ethyl adjacent to an activating group) is 1. The number of phenols is 1. The molecule has 1 aromatic heterocycles. The molecular formula is C29H38N6O3. The first kappa shape index (κ1) is 26.2. The third kappa shape index (κ3) is 5.54. The van der Waals surface area contributed by atoms with E-state index < -0.39 is 0 Å². The molecule has 38 heavy (non-hydrogen) atoms. The number of methoxy groups -OCH3 is 1. The largest absolute Gasteiger partial charge is 0.507 e. The maximum Gasteiger partial charge on any atom is 0.289 e. The van der Waals surface area contributed by atoms with Gasteiger partial charge in [0.25, 0.3) is 5.91 Å². The first-order chi connectivity index (χ1) is 18.4. The van der Waals surface area contributed by atoms with Crippen LogP contribution in [-0.2, 0) is 6.54 Å². The monoisotopic (exact) mass is 518 g/mol. The van der Waals surface area contributed by atoms with Gasteiger partial charge in [-0.05, 0) is 54.6 Å². The number of aromatic hydroxyl groups is 1. The molecule has 9 nitrogen and oxygen atoms in total. The van der Waals surface area contributed by atoms with E-state index in [0.717, 1.165) is 63.4 Å². The second-order valence-corrected chi connectivity index (χ2v) is 10.6. The Labute approximate surface area is 224 Å². The van der Waals surface area contributed by atoms with Crippen molar-refractivity contribution in [1.29, 1.82) is 0 Å². The molecule has 1 amide bonds. The highest BCUT2D eigenvalue weighted by atomic mass is 16.5. The Morgan fingerprint density at radius 3 is 2.37 bits per heavy atom. The van der Waals surface area contributed by atoms with Gasteiger partial charge in [0, 0.05) is 50.5 Å². The number of aromatic nitrogens is 3. The molecule has 9 heteroatoms. The van der Waals surface area contributed by atoms with E-state index in [1.165, 1.54) is 5.56 Å². The van der Waals surface area contributed by atoms with Gasteiger partial charge in [-0.15, -0.1) is 10.2 Å². The van der Waals surface area contributed by atoms with Gasteiger partial charge >= 0.3 is 0 Å². The lowest BCUT2D eigenvalue weighted by molar-refractivity contribution is 0.0938. The number of carbonyl (C=O) groups excluding carboxylic acids is 1. The van der Waals surface area contributed by atoms with E-state index in [4.69, 9.17) is 4.74 Å². The SMILES string of the molecule is CCN1CCN(Cc2ccc(-n3c(C(=O)NC4CC4)nnc3-c3cc(C(C)C)c(OC)cc3O)cc2)CC1. The summed E-state index contributed by atoms with van der Waals surface area (Å²) in [6.45, 7) is 12.7. The maximum atomic E-state index is 13.1. The van der Waals surface area contributed by atoms with Gasteiger partial charge in [0.2, 0.25) is 5.82 Å². The summed E-state index contributed by atoms with van der Waals surface area (Å²) >= 11 is 0. The van der Waals surface area contributed by atoms with Crippen LogP contribution in [0.2, 0.25) is 0 Å². The molecule has 1 aliphatic carbocycles. The van der Waals surface area contributed by atoms with Crippen molar-refractivity contribution in [2.45, 2.75) is 52.1 Å². The van der Waals surface area contributed by atoms with E-state index >= 15 is 0 Å². The van der Waals surface area contributed by atoms with Crippen molar-refractivity contribution in [3.63, 3.8) is 0 Å². The highest BCUT2D eigenvalue weighted by Crippen LogP contribution is 2.38. The molecule has 2 aliphatic rings. The average molecular weight is 519 g/mol. The van der Waals surface area contributed by atoms with Crippen LogP contribution in [-0.4, -0.2) is 81.5 Å². The first-order valence-electron chi connectivity index (χ1n) is 13.6. The molecule has 2 aromatic carbocycles.